The fraction of sp³-hybridized carbons (Fsp3) is 0.944. The number of unbranched alkanes of at least 4 members (excludes halogenated alkanes) is 20. The molecule has 2 unspecified atom stereocenters. The second-order valence-corrected chi connectivity index (χ2v) is 12.8. The molecule has 0 saturated heterocycles. The summed E-state index contributed by atoms with van der Waals surface area (Å²) < 4.78 is 6.16. The Balaban J connectivity index is 4.35. The first kappa shape index (κ1) is 40.1. The molecule has 0 aromatic rings. The van der Waals surface area contributed by atoms with Gasteiger partial charge in [-0.2, -0.15) is 0 Å². The largest absolute Gasteiger partial charge is 0.457 e. The Morgan fingerprint density at radius 3 is 1.39 bits per heavy atom. The van der Waals surface area contributed by atoms with E-state index in [-0.39, 0.29) is 18.3 Å². The van der Waals surface area contributed by atoms with Crippen LogP contribution in [0.25, 0.3) is 0 Å². The van der Waals surface area contributed by atoms with Crippen molar-refractivity contribution in [1.82, 2.24) is 5.32 Å². The molecule has 0 heterocycles. The van der Waals surface area contributed by atoms with Gasteiger partial charge in [0.05, 0.1) is 6.54 Å². The normalized spacial score (nSPS) is 13.7. The molecule has 2 atom stereocenters. The Morgan fingerprint density at radius 2 is 0.976 bits per heavy atom. The van der Waals surface area contributed by atoms with E-state index >= 15 is 0 Å². The van der Waals surface area contributed by atoms with E-state index in [4.69, 9.17) is 10.5 Å². The van der Waals surface area contributed by atoms with Crippen LogP contribution in [0.1, 0.15) is 195 Å². The van der Waals surface area contributed by atoms with E-state index in [2.05, 4.69) is 26.1 Å². The van der Waals surface area contributed by atoms with Crippen molar-refractivity contribution in [2.75, 3.05) is 13.1 Å². The molecular formula is C36H72N2O3. The Morgan fingerprint density at radius 1 is 0.610 bits per heavy atom. The van der Waals surface area contributed by atoms with Crippen LogP contribution in [0, 0.1) is 0 Å². The maximum atomic E-state index is 13.1. The number of esters is 1. The summed E-state index contributed by atoms with van der Waals surface area (Å²) in [6, 6.07) is -0.503. The van der Waals surface area contributed by atoms with E-state index < -0.39 is 11.6 Å². The van der Waals surface area contributed by atoms with Crippen molar-refractivity contribution in [1.29, 1.82) is 0 Å². The molecule has 0 aromatic carbocycles. The number of hydrogen-bond donors (Lipinski definition) is 2. The number of nitrogens with two attached hydrogens (primary N) is 1. The van der Waals surface area contributed by atoms with Crippen LogP contribution in [0.2, 0.25) is 0 Å². The lowest BCUT2D eigenvalue weighted by molar-refractivity contribution is -0.163. The van der Waals surface area contributed by atoms with Crippen LogP contribution in [-0.4, -0.2) is 36.5 Å². The zero-order chi connectivity index (χ0) is 30.4. The van der Waals surface area contributed by atoms with Gasteiger partial charge in [-0.05, 0) is 39.0 Å². The number of ketones is 1. The fourth-order valence-electron chi connectivity index (χ4n) is 5.65. The molecule has 3 N–H and O–H groups in total. The summed E-state index contributed by atoms with van der Waals surface area (Å²) in [6.07, 6.45) is 30.9. The number of carbonyl (C=O) groups excluding carboxylic acids is 2. The van der Waals surface area contributed by atoms with E-state index in [1.807, 2.05) is 6.92 Å². The molecule has 0 amide bonds. The van der Waals surface area contributed by atoms with Crippen LogP contribution in [0.4, 0.5) is 0 Å². The average Bonchev–Trinajstić information content (AvgIpc) is 2.97. The van der Waals surface area contributed by atoms with Crippen molar-refractivity contribution in [3.63, 3.8) is 0 Å². The highest BCUT2D eigenvalue weighted by Gasteiger charge is 2.33. The summed E-state index contributed by atoms with van der Waals surface area (Å²) in [6.45, 7) is 9.14. The molecule has 5 nitrogen and oxygen atoms in total. The van der Waals surface area contributed by atoms with Crippen LogP contribution < -0.4 is 11.1 Å². The Hall–Kier alpha value is -0.940. The fourth-order valence-corrected chi connectivity index (χ4v) is 5.65. The molecule has 0 spiro atoms. The number of nitrogens with one attached hydrogen (secondary N) is 1. The third-order valence-corrected chi connectivity index (χ3v) is 8.68. The molecule has 0 bridgehead atoms. The number of rotatable bonds is 32. The van der Waals surface area contributed by atoms with E-state index in [0.29, 0.717) is 13.0 Å². The van der Waals surface area contributed by atoms with Gasteiger partial charge in [-0.15, -0.1) is 0 Å². The number of Topliss-reactive ketones (excluding diaryl/α,β-unsaturated/α-hetero) is 1. The summed E-state index contributed by atoms with van der Waals surface area (Å²) in [7, 11) is 0. The van der Waals surface area contributed by atoms with Crippen molar-refractivity contribution in [2.24, 2.45) is 5.73 Å². The summed E-state index contributed by atoms with van der Waals surface area (Å²) in [5, 5.41) is 3.13. The van der Waals surface area contributed by atoms with Crippen LogP contribution in [-0.2, 0) is 14.3 Å². The molecule has 244 valence electrons. The van der Waals surface area contributed by atoms with Crippen LogP contribution in [0.3, 0.4) is 0 Å². The molecule has 0 rings (SSSR count). The molecule has 0 fully saturated rings. The first-order chi connectivity index (χ1) is 19.9. The number of carbonyl (C=O) groups is 2. The predicted molar refractivity (Wildman–Crippen MR) is 177 cm³/mol. The lowest BCUT2D eigenvalue weighted by Gasteiger charge is -2.34. The maximum Gasteiger partial charge on any atom is 0.323 e. The quantitative estimate of drug-likeness (QED) is 0.0611. The molecule has 0 aliphatic carbocycles. The molecule has 0 aliphatic heterocycles. The molecule has 0 radical (unpaired) electrons. The van der Waals surface area contributed by atoms with Gasteiger partial charge in [-0.3, -0.25) is 14.9 Å². The highest BCUT2D eigenvalue weighted by atomic mass is 16.6. The first-order valence-electron chi connectivity index (χ1n) is 18.1. The SMILES string of the molecule is CCCCCCCCCCCCCC(=O)CNC(C)C(=O)OC(CN)(CCCCCC)CCCCCCCCCC. The van der Waals surface area contributed by atoms with Crippen LogP contribution in [0.15, 0.2) is 0 Å². The molecule has 41 heavy (non-hydrogen) atoms. The van der Waals surface area contributed by atoms with Gasteiger partial charge in [-0.25, -0.2) is 0 Å². The van der Waals surface area contributed by atoms with E-state index in [1.165, 1.54) is 116 Å². The van der Waals surface area contributed by atoms with Gasteiger partial charge in [0.15, 0.2) is 0 Å². The van der Waals surface area contributed by atoms with Crippen molar-refractivity contribution >= 4 is 11.8 Å². The van der Waals surface area contributed by atoms with Gasteiger partial charge >= 0.3 is 5.97 Å². The summed E-state index contributed by atoms with van der Waals surface area (Å²) in [5.74, 6) is -0.0860. The van der Waals surface area contributed by atoms with E-state index in [9.17, 15) is 9.59 Å². The minimum absolute atomic E-state index is 0.184. The van der Waals surface area contributed by atoms with Gasteiger partial charge in [0.1, 0.15) is 17.4 Å². The second kappa shape index (κ2) is 29.1. The number of ether oxygens (including phenoxy) is 1. The summed E-state index contributed by atoms with van der Waals surface area (Å²) in [4.78, 5) is 25.5. The Bertz CT molecular complexity index is 597. The predicted octanol–water partition coefficient (Wildman–Crippen LogP) is 9.98. The third kappa shape index (κ3) is 24.2. The third-order valence-electron chi connectivity index (χ3n) is 8.68. The first-order valence-corrected chi connectivity index (χ1v) is 18.1. The topological polar surface area (TPSA) is 81.4 Å². The summed E-state index contributed by atoms with van der Waals surface area (Å²) in [5.41, 5.74) is 5.69. The Labute approximate surface area is 256 Å². The lowest BCUT2D eigenvalue weighted by atomic mass is 9.89. The minimum atomic E-state index is -0.581. The smallest absolute Gasteiger partial charge is 0.323 e. The van der Waals surface area contributed by atoms with Gasteiger partial charge in [0.25, 0.3) is 0 Å². The van der Waals surface area contributed by atoms with Gasteiger partial charge in [-0.1, -0.05) is 149 Å². The number of hydrogen-bond acceptors (Lipinski definition) is 5. The maximum absolute atomic E-state index is 13.1. The van der Waals surface area contributed by atoms with E-state index in [0.717, 1.165) is 44.9 Å². The zero-order valence-electron chi connectivity index (χ0n) is 28.2. The second-order valence-electron chi connectivity index (χ2n) is 12.8. The molecular weight excluding hydrogens is 508 g/mol. The van der Waals surface area contributed by atoms with Gasteiger partial charge < -0.3 is 10.5 Å². The molecule has 0 saturated carbocycles. The highest BCUT2D eigenvalue weighted by Crippen LogP contribution is 2.27. The Kier molecular flexibility index (Phi) is 28.5. The van der Waals surface area contributed by atoms with Crippen LogP contribution in [0.5, 0.6) is 0 Å². The van der Waals surface area contributed by atoms with Gasteiger partial charge in [0, 0.05) is 13.0 Å². The minimum Gasteiger partial charge on any atom is -0.457 e. The standard InChI is InChI=1S/C36H72N2O3/c1-5-8-11-14-16-18-19-20-21-23-25-28-34(39)31-38-33(4)35(40)41-36(32-37,29-26-13-10-7-3)30-27-24-22-17-15-12-9-6-2/h33,38H,5-32,37H2,1-4H3. The molecule has 0 aromatic heterocycles. The average molecular weight is 581 g/mol. The van der Waals surface area contributed by atoms with E-state index in [1.54, 1.807) is 0 Å². The zero-order valence-corrected chi connectivity index (χ0v) is 28.2. The van der Waals surface area contributed by atoms with Crippen molar-refractivity contribution in [2.45, 2.75) is 206 Å². The summed E-state index contributed by atoms with van der Waals surface area (Å²) >= 11 is 0. The molecule has 5 heteroatoms. The van der Waals surface area contributed by atoms with Crippen molar-refractivity contribution in [3.05, 3.63) is 0 Å². The monoisotopic (exact) mass is 581 g/mol. The van der Waals surface area contributed by atoms with Crippen LogP contribution >= 0.6 is 0 Å². The van der Waals surface area contributed by atoms with Crippen molar-refractivity contribution in [3.8, 4) is 0 Å². The lowest BCUT2D eigenvalue weighted by Crippen LogP contribution is -2.47. The highest BCUT2D eigenvalue weighted by molar-refractivity contribution is 5.82. The van der Waals surface area contributed by atoms with Crippen molar-refractivity contribution < 1.29 is 14.3 Å². The van der Waals surface area contributed by atoms with Gasteiger partial charge in [0.2, 0.25) is 0 Å². The molecule has 0 aliphatic rings.